The maximum atomic E-state index is 8.90. The Bertz CT molecular complexity index is 1050. The van der Waals surface area contributed by atoms with Gasteiger partial charge in [-0.3, -0.25) is 0 Å². The summed E-state index contributed by atoms with van der Waals surface area (Å²) in [5.41, 5.74) is 0. The Hall–Kier alpha value is -1.43. The number of halogens is 1. The van der Waals surface area contributed by atoms with Crippen molar-refractivity contribution < 1.29 is 32.1 Å². The Balaban J connectivity index is 0.00000481. The van der Waals surface area contributed by atoms with Crippen molar-refractivity contribution >= 4 is 23.2 Å². The fraction of sp³-hybridized carbons (Fsp3) is 0.250. The van der Waals surface area contributed by atoms with Gasteiger partial charge in [0.15, 0.2) is 0 Å². The largest absolute Gasteiger partial charge is 1.00 e. The van der Waals surface area contributed by atoms with Crippen molar-refractivity contribution in [2.24, 2.45) is 0 Å². The van der Waals surface area contributed by atoms with E-state index in [1.807, 2.05) is 54.6 Å². The van der Waals surface area contributed by atoms with Crippen LogP contribution in [-0.2, 0) is 0 Å². The summed E-state index contributed by atoms with van der Waals surface area (Å²) in [6.45, 7) is -3.51. The summed E-state index contributed by atoms with van der Waals surface area (Å²) >= 11 is 0. The Labute approximate surface area is 185 Å². The average molecular weight is 438 g/mol. The summed E-state index contributed by atoms with van der Waals surface area (Å²) in [4.78, 5) is 0. The van der Waals surface area contributed by atoms with Gasteiger partial charge in [0, 0.05) is 15.1 Å². The topological polar surface area (TPSA) is 0 Å². The monoisotopic (exact) mass is 437 g/mol. The van der Waals surface area contributed by atoms with Crippen LogP contribution in [0.1, 0.15) is 47.4 Å². The maximum absolute atomic E-state index is 8.90. The minimum absolute atomic E-state index is 0. The molecule has 0 aromatic heterocycles. The van der Waals surface area contributed by atoms with Crippen LogP contribution in [-0.4, -0.2) is 6.16 Å². The first-order chi connectivity index (χ1) is 16.5. The van der Waals surface area contributed by atoms with Crippen LogP contribution in [0, 0.1) is 0 Å². The minimum Gasteiger partial charge on any atom is -1.00 e. The van der Waals surface area contributed by atoms with Crippen LogP contribution in [0.4, 0.5) is 0 Å². The number of hydrogen-bond donors (Lipinski definition) is 0. The van der Waals surface area contributed by atoms with E-state index in [1.54, 1.807) is 36.4 Å². The van der Waals surface area contributed by atoms with E-state index in [0.717, 1.165) is 15.9 Å². The molecule has 0 aliphatic heterocycles. The van der Waals surface area contributed by atoms with Gasteiger partial charge < -0.3 is 17.0 Å². The van der Waals surface area contributed by atoms with Gasteiger partial charge >= 0.3 is 0 Å². The molecule has 0 radical (unpaired) electrons. The summed E-state index contributed by atoms with van der Waals surface area (Å²) < 4.78 is 90.0. The van der Waals surface area contributed by atoms with Gasteiger partial charge in [-0.25, -0.2) is 0 Å². The highest BCUT2D eigenvalue weighted by molar-refractivity contribution is 7.95. The normalized spacial score (nSPS) is 19.9. The molecule has 2 heteroatoms. The van der Waals surface area contributed by atoms with Crippen molar-refractivity contribution in [2.45, 2.75) is 32.3 Å². The molecule has 0 bridgehead atoms. The Morgan fingerprint density at radius 3 is 1.46 bits per heavy atom. The summed E-state index contributed by atoms with van der Waals surface area (Å²) in [5.74, 6) is 0. The lowest BCUT2D eigenvalue weighted by Gasteiger charge is -2.27. The number of hydrogen-bond acceptors (Lipinski definition) is 0. The van der Waals surface area contributed by atoms with Gasteiger partial charge in [-0.05, 0) is 49.1 Å². The molecule has 0 saturated carbocycles. The van der Waals surface area contributed by atoms with Gasteiger partial charge in [0.1, 0.15) is 23.2 Å². The third-order valence-electron chi connectivity index (χ3n) is 4.12. The van der Waals surface area contributed by atoms with Crippen molar-refractivity contribution in [3.8, 4) is 0 Å². The molecule has 0 amide bonds. The molecule has 0 aliphatic rings. The van der Waals surface area contributed by atoms with Crippen molar-refractivity contribution in [2.75, 3.05) is 6.16 Å². The molecule has 0 spiro atoms. The van der Waals surface area contributed by atoms with E-state index < -0.39 is 45.8 Å². The summed E-state index contributed by atoms with van der Waals surface area (Å²) in [6.07, 6.45) is -14.3. The van der Waals surface area contributed by atoms with E-state index in [1.165, 1.54) is 0 Å². The quantitative estimate of drug-likeness (QED) is 0.475. The SMILES string of the molecule is [2H]C([2H])([2H])C([2H])([2H])C([2H])([2H])C([2H])([2H])C([2H])([2H])C[P+](c1ccccc1)(c1ccccc1)c1ccccc1.[Br-]. The zero-order valence-corrected chi connectivity index (χ0v) is 16.7. The predicted octanol–water partition coefficient (Wildman–Crippen LogP) is 2.56. The second kappa shape index (κ2) is 10.7. The molecule has 0 aliphatic carbocycles. The van der Waals surface area contributed by atoms with Crippen LogP contribution in [0.3, 0.4) is 0 Å². The third kappa shape index (κ3) is 4.64. The molecule has 26 heavy (non-hydrogen) atoms. The molecule has 0 unspecified atom stereocenters. The number of benzene rings is 3. The van der Waals surface area contributed by atoms with Gasteiger partial charge in [-0.1, -0.05) is 74.2 Å². The molecule has 3 aromatic carbocycles. The first kappa shape index (κ1) is 10.2. The lowest BCUT2D eigenvalue weighted by Crippen LogP contribution is -3.00. The second-order valence-electron chi connectivity index (χ2n) is 5.53. The predicted molar refractivity (Wildman–Crippen MR) is 114 cm³/mol. The van der Waals surface area contributed by atoms with Crippen LogP contribution in [0.5, 0.6) is 0 Å². The van der Waals surface area contributed by atoms with E-state index in [2.05, 4.69) is 0 Å². The zero-order valence-electron chi connectivity index (χ0n) is 25.2. The lowest BCUT2D eigenvalue weighted by molar-refractivity contribution is -0.00000499. The van der Waals surface area contributed by atoms with E-state index in [0.29, 0.717) is 0 Å². The Morgan fingerprint density at radius 1 is 0.654 bits per heavy atom. The number of rotatable bonds is 8. The van der Waals surface area contributed by atoms with Crippen LogP contribution < -0.4 is 32.9 Å². The molecule has 3 aromatic rings. The molecule has 0 fully saturated rings. The fourth-order valence-corrected chi connectivity index (χ4v) is 6.80. The summed E-state index contributed by atoms with van der Waals surface area (Å²) in [7, 11) is -2.98. The van der Waals surface area contributed by atoms with Gasteiger partial charge in [-0.15, -0.1) is 0 Å². The second-order valence-corrected chi connectivity index (χ2v) is 9.01. The van der Waals surface area contributed by atoms with Gasteiger partial charge in [0.25, 0.3) is 0 Å². The average Bonchev–Trinajstić information content (AvgIpc) is 2.83. The third-order valence-corrected chi connectivity index (χ3v) is 8.29. The highest BCUT2D eigenvalue weighted by Gasteiger charge is 2.44. The van der Waals surface area contributed by atoms with E-state index >= 15 is 0 Å². The smallest absolute Gasteiger partial charge is 0.112 e. The summed E-state index contributed by atoms with van der Waals surface area (Å²) in [5, 5.41) is 2.21. The van der Waals surface area contributed by atoms with Crippen molar-refractivity contribution in [3.05, 3.63) is 91.0 Å². The fourth-order valence-electron chi connectivity index (χ4n) is 3.00. The van der Waals surface area contributed by atoms with E-state index in [-0.39, 0.29) is 17.0 Å². The van der Waals surface area contributed by atoms with Gasteiger partial charge in [0.2, 0.25) is 0 Å². The van der Waals surface area contributed by atoms with Crippen molar-refractivity contribution in [1.82, 2.24) is 0 Å². The molecule has 3 rings (SSSR count). The van der Waals surface area contributed by atoms with Crippen molar-refractivity contribution in [3.63, 3.8) is 0 Å². The van der Waals surface area contributed by atoms with Crippen LogP contribution in [0.15, 0.2) is 91.0 Å². The minimum atomic E-state index is -3.69. The van der Waals surface area contributed by atoms with Crippen LogP contribution >= 0.6 is 7.26 Å². The van der Waals surface area contributed by atoms with Crippen LogP contribution in [0.2, 0.25) is 0 Å². The van der Waals surface area contributed by atoms with E-state index in [9.17, 15) is 0 Å². The highest BCUT2D eigenvalue weighted by atomic mass is 79.9. The van der Waals surface area contributed by atoms with E-state index in [4.69, 9.17) is 15.1 Å². The molecule has 0 N–H and O–H groups in total. The Morgan fingerprint density at radius 2 is 1.08 bits per heavy atom. The van der Waals surface area contributed by atoms with Gasteiger partial charge in [-0.2, -0.15) is 0 Å². The zero-order chi connectivity index (χ0) is 27.0. The molecule has 136 valence electrons. The van der Waals surface area contributed by atoms with Crippen molar-refractivity contribution in [1.29, 1.82) is 0 Å². The maximum Gasteiger partial charge on any atom is 0.112 e. The first-order valence-corrected chi connectivity index (χ1v) is 10.0. The molecule has 0 atom stereocenters. The Kier molecular flexibility index (Phi) is 4.18. The standard InChI is InChI=1S/C24H28P.BrH/c1-2-3-4-14-21-25(22-15-8-5-9-16-22,23-17-10-6-11-18-23)24-19-12-7-13-20-24;/h5-13,15-20H,2-4,14,21H2,1H3;1H/q+1;/p-1/i1D3,2D2,3D2,4D2,14D2;. The molecule has 0 nitrogen and oxygen atoms in total. The molecule has 0 saturated heterocycles. The molecular weight excluding hydrogens is 399 g/mol. The first-order valence-electron chi connectivity index (χ1n) is 13.6. The highest BCUT2D eigenvalue weighted by Crippen LogP contribution is 2.55. The molecule has 0 heterocycles. The van der Waals surface area contributed by atoms with Crippen LogP contribution in [0.25, 0.3) is 0 Å². The molecular formula is C24H28BrP. The summed E-state index contributed by atoms with van der Waals surface area (Å²) in [6, 6.07) is 27.2. The van der Waals surface area contributed by atoms with Gasteiger partial charge in [0.05, 0.1) is 6.16 Å². The lowest BCUT2D eigenvalue weighted by atomic mass is 10.2.